The van der Waals surface area contributed by atoms with Gasteiger partial charge in [0.2, 0.25) is 10.0 Å². The highest BCUT2D eigenvalue weighted by Crippen LogP contribution is 2.27. The Morgan fingerprint density at radius 1 is 1.50 bits per heavy atom. The van der Waals surface area contributed by atoms with Crippen molar-refractivity contribution in [2.24, 2.45) is 17.8 Å². The number of esters is 1. The summed E-state index contributed by atoms with van der Waals surface area (Å²) in [6.45, 7) is 4.24. The maximum atomic E-state index is 12.1. The van der Waals surface area contributed by atoms with Crippen LogP contribution in [0.15, 0.2) is 0 Å². The molecule has 0 saturated carbocycles. The van der Waals surface area contributed by atoms with Gasteiger partial charge in [0.15, 0.2) is 0 Å². The molecule has 0 N–H and O–H groups in total. The van der Waals surface area contributed by atoms with Gasteiger partial charge in [-0.25, -0.2) is 12.7 Å². The standard InChI is InChI=1S/C11H20ClNO4S/c1-8(4-12)7-18(15,16)13-5-9(2)10(6-13)11(14)17-3/h8-10H,4-7H2,1-3H3. The quantitative estimate of drug-likeness (QED) is 0.559. The lowest BCUT2D eigenvalue weighted by Crippen LogP contribution is -2.34. The minimum Gasteiger partial charge on any atom is -0.469 e. The Kier molecular flexibility index (Phi) is 5.43. The van der Waals surface area contributed by atoms with Crippen LogP contribution in [-0.4, -0.2) is 50.5 Å². The van der Waals surface area contributed by atoms with Gasteiger partial charge >= 0.3 is 5.97 Å². The number of alkyl halides is 1. The first-order valence-electron chi connectivity index (χ1n) is 5.93. The van der Waals surface area contributed by atoms with Crippen molar-refractivity contribution < 1.29 is 17.9 Å². The Morgan fingerprint density at radius 2 is 2.11 bits per heavy atom. The monoisotopic (exact) mass is 297 g/mol. The number of hydrogen-bond acceptors (Lipinski definition) is 4. The van der Waals surface area contributed by atoms with E-state index in [1.165, 1.54) is 11.4 Å². The molecule has 0 aromatic rings. The van der Waals surface area contributed by atoms with Crippen LogP contribution in [0, 0.1) is 17.8 Å². The van der Waals surface area contributed by atoms with Gasteiger partial charge in [-0.05, 0) is 11.8 Å². The molecule has 18 heavy (non-hydrogen) atoms. The van der Waals surface area contributed by atoms with Gasteiger partial charge in [-0.15, -0.1) is 11.6 Å². The van der Waals surface area contributed by atoms with E-state index in [0.717, 1.165) is 0 Å². The highest BCUT2D eigenvalue weighted by molar-refractivity contribution is 7.89. The van der Waals surface area contributed by atoms with E-state index in [1.807, 2.05) is 6.92 Å². The Balaban J connectivity index is 2.73. The second kappa shape index (κ2) is 6.21. The highest BCUT2D eigenvalue weighted by atomic mass is 35.5. The summed E-state index contributed by atoms with van der Waals surface area (Å²) < 4.78 is 30.3. The third-order valence-electron chi connectivity index (χ3n) is 3.23. The molecular weight excluding hydrogens is 278 g/mol. The fourth-order valence-corrected chi connectivity index (χ4v) is 4.25. The fraction of sp³-hybridized carbons (Fsp3) is 0.909. The number of halogens is 1. The summed E-state index contributed by atoms with van der Waals surface area (Å²) in [5, 5.41) is 0. The fourth-order valence-electron chi connectivity index (χ4n) is 2.12. The third-order valence-corrected chi connectivity index (χ3v) is 5.84. The highest BCUT2D eigenvalue weighted by Gasteiger charge is 2.40. The van der Waals surface area contributed by atoms with Crippen molar-refractivity contribution in [3.63, 3.8) is 0 Å². The van der Waals surface area contributed by atoms with Crippen molar-refractivity contribution in [3.8, 4) is 0 Å². The molecule has 1 aliphatic rings. The first-order chi connectivity index (χ1) is 8.31. The summed E-state index contributed by atoms with van der Waals surface area (Å²) in [7, 11) is -2.02. The van der Waals surface area contributed by atoms with Crippen LogP contribution in [-0.2, 0) is 19.6 Å². The number of methoxy groups -OCH3 is 1. The molecule has 0 aliphatic carbocycles. The minimum atomic E-state index is -3.34. The summed E-state index contributed by atoms with van der Waals surface area (Å²) in [6, 6.07) is 0. The molecule has 1 fully saturated rings. The van der Waals surface area contributed by atoms with E-state index in [1.54, 1.807) is 6.92 Å². The van der Waals surface area contributed by atoms with E-state index in [9.17, 15) is 13.2 Å². The first kappa shape index (κ1) is 15.7. The summed E-state index contributed by atoms with van der Waals surface area (Å²) in [6.07, 6.45) is 0. The first-order valence-corrected chi connectivity index (χ1v) is 8.07. The van der Waals surface area contributed by atoms with Crippen molar-refractivity contribution in [1.29, 1.82) is 0 Å². The van der Waals surface area contributed by atoms with Gasteiger partial charge in [0.25, 0.3) is 0 Å². The SMILES string of the molecule is COC(=O)C1CN(S(=O)(=O)CC(C)CCl)CC1C. The van der Waals surface area contributed by atoms with Crippen molar-refractivity contribution in [1.82, 2.24) is 4.31 Å². The van der Waals surface area contributed by atoms with E-state index in [4.69, 9.17) is 11.6 Å². The Hall–Kier alpha value is -0.330. The molecule has 0 spiro atoms. The molecule has 1 saturated heterocycles. The zero-order chi connectivity index (χ0) is 13.9. The summed E-state index contributed by atoms with van der Waals surface area (Å²) in [5.41, 5.74) is 0. The zero-order valence-electron chi connectivity index (χ0n) is 10.9. The van der Waals surface area contributed by atoms with Crippen molar-refractivity contribution in [2.45, 2.75) is 13.8 Å². The molecule has 0 bridgehead atoms. The Labute approximate surface area is 113 Å². The Bertz CT molecular complexity index is 398. The van der Waals surface area contributed by atoms with Gasteiger partial charge in [0.1, 0.15) is 0 Å². The molecule has 3 atom stereocenters. The molecule has 0 amide bonds. The van der Waals surface area contributed by atoms with E-state index >= 15 is 0 Å². The van der Waals surface area contributed by atoms with Crippen LogP contribution in [0.25, 0.3) is 0 Å². The van der Waals surface area contributed by atoms with E-state index < -0.39 is 10.0 Å². The average Bonchev–Trinajstić information content (AvgIpc) is 2.70. The minimum absolute atomic E-state index is 0.0152. The summed E-state index contributed by atoms with van der Waals surface area (Å²) >= 11 is 5.64. The van der Waals surface area contributed by atoms with Crippen LogP contribution >= 0.6 is 11.6 Å². The lowest BCUT2D eigenvalue weighted by Gasteiger charge is -2.18. The van der Waals surface area contributed by atoms with Crippen LogP contribution in [0.2, 0.25) is 0 Å². The molecular formula is C11H20ClNO4S. The average molecular weight is 298 g/mol. The number of rotatable bonds is 5. The second-order valence-electron chi connectivity index (χ2n) is 4.96. The molecule has 7 heteroatoms. The van der Waals surface area contributed by atoms with Crippen molar-refractivity contribution >= 4 is 27.6 Å². The lowest BCUT2D eigenvalue weighted by molar-refractivity contribution is -0.145. The number of sulfonamides is 1. The lowest BCUT2D eigenvalue weighted by atomic mass is 9.99. The predicted molar refractivity (Wildman–Crippen MR) is 69.9 cm³/mol. The molecule has 1 aliphatic heterocycles. The molecule has 3 unspecified atom stereocenters. The maximum absolute atomic E-state index is 12.1. The molecule has 0 radical (unpaired) electrons. The van der Waals surface area contributed by atoms with Crippen LogP contribution in [0.1, 0.15) is 13.8 Å². The zero-order valence-corrected chi connectivity index (χ0v) is 12.5. The van der Waals surface area contributed by atoms with E-state index in [0.29, 0.717) is 12.4 Å². The van der Waals surface area contributed by atoms with Crippen LogP contribution in [0.4, 0.5) is 0 Å². The van der Waals surface area contributed by atoms with Crippen LogP contribution in [0.3, 0.4) is 0 Å². The second-order valence-corrected chi connectivity index (χ2v) is 7.28. The number of nitrogens with zero attached hydrogens (tertiary/aromatic N) is 1. The number of carbonyl (C=O) groups is 1. The van der Waals surface area contributed by atoms with Crippen LogP contribution in [0.5, 0.6) is 0 Å². The van der Waals surface area contributed by atoms with E-state index in [2.05, 4.69) is 4.74 Å². The van der Waals surface area contributed by atoms with Crippen LogP contribution < -0.4 is 0 Å². The molecule has 5 nitrogen and oxygen atoms in total. The van der Waals surface area contributed by atoms with Gasteiger partial charge in [0, 0.05) is 19.0 Å². The Morgan fingerprint density at radius 3 is 2.61 bits per heavy atom. The summed E-state index contributed by atoms with van der Waals surface area (Å²) in [4.78, 5) is 11.5. The number of ether oxygens (including phenoxy) is 1. The topological polar surface area (TPSA) is 63.7 Å². The van der Waals surface area contributed by atoms with Gasteiger partial charge in [-0.1, -0.05) is 13.8 Å². The van der Waals surface area contributed by atoms with Gasteiger partial charge in [0.05, 0.1) is 18.8 Å². The molecule has 0 aromatic heterocycles. The largest absolute Gasteiger partial charge is 0.469 e. The summed E-state index contributed by atoms with van der Waals surface area (Å²) in [5.74, 6) is -0.482. The van der Waals surface area contributed by atoms with Crippen molar-refractivity contribution in [2.75, 3.05) is 31.8 Å². The van der Waals surface area contributed by atoms with Crippen molar-refractivity contribution in [3.05, 3.63) is 0 Å². The third kappa shape index (κ3) is 3.59. The number of hydrogen-bond donors (Lipinski definition) is 0. The normalized spacial score (nSPS) is 27.1. The predicted octanol–water partition coefficient (Wildman–Crippen LogP) is 0.932. The molecule has 0 aromatic carbocycles. The van der Waals surface area contributed by atoms with Gasteiger partial charge < -0.3 is 4.74 Å². The molecule has 1 heterocycles. The van der Waals surface area contributed by atoms with Gasteiger partial charge in [-0.2, -0.15) is 0 Å². The molecule has 1 rings (SSSR count). The molecule has 106 valence electrons. The van der Waals surface area contributed by atoms with E-state index in [-0.39, 0.29) is 36.0 Å². The smallest absolute Gasteiger partial charge is 0.310 e. The maximum Gasteiger partial charge on any atom is 0.310 e. The van der Waals surface area contributed by atoms with Gasteiger partial charge in [-0.3, -0.25) is 4.79 Å². The number of carbonyl (C=O) groups excluding carboxylic acids is 1.